The van der Waals surface area contributed by atoms with E-state index in [1.807, 2.05) is 6.92 Å². The number of carbonyl (C=O) groups is 2. The molecule has 0 saturated heterocycles. The molecule has 0 saturated carbocycles. The Balaban J connectivity index is 3.62. The van der Waals surface area contributed by atoms with Gasteiger partial charge in [0.25, 0.3) is 0 Å². The third-order valence-corrected chi connectivity index (χ3v) is 4.16. The zero-order valence-corrected chi connectivity index (χ0v) is 16.1. The summed E-state index contributed by atoms with van der Waals surface area (Å²) >= 11 is 0. The van der Waals surface area contributed by atoms with Crippen LogP contribution in [-0.2, 0) is 19.1 Å². The molecule has 0 N–H and O–H groups in total. The van der Waals surface area contributed by atoms with Crippen molar-refractivity contribution in [3.63, 3.8) is 0 Å². The molecule has 0 amide bonds. The van der Waals surface area contributed by atoms with Gasteiger partial charge in [-0.3, -0.25) is 9.59 Å². The number of ether oxygens (including phenoxy) is 2. The van der Waals surface area contributed by atoms with E-state index >= 15 is 0 Å². The van der Waals surface area contributed by atoms with Gasteiger partial charge in [0.05, 0.1) is 6.61 Å². The lowest BCUT2D eigenvalue weighted by atomic mass is 10.1. The van der Waals surface area contributed by atoms with Crippen LogP contribution in [0.5, 0.6) is 0 Å². The Labute approximate surface area is 148 Å². The summed E-state index contributed by atoms with van der Waals surface area (Å²) in [6.45, 7) is 6.89. The second-order valence-electron chi connectivity index (χ2n) is 6.50. The van der Waals surface area contributed by atoms with Crippen LogP contribution in [0.1, 0.15) is 104 Å². The minimum absolute atomic E-state index is 0.0270. The highest BCUT2D eigenvalue weighted by atomic mass is 16.5. The topological polar surface area (TPSA) is 52.6 Å². The quantitative estimate of drug-likeness (QED) is 0.272. The molecule has 0 fully saturated rings. The summed E-state index contributed by atoms with van der Waals surface area (Å²) in [7, 11) is 0. The molecule has 4 heteroatoms. The lowest BCUT2D eigenvalue weighted by Crippen LogP contribution is -2.17. The average molecular weight is 343 g/mol. The summed E-state index contributed by atoms with van der Waals surface area (Å²) in [4.78, 5) is 23.4. The molecule has 0 radical (unpaired) electrons. The Morgan fingerprint density at radius 3 is 2.04 bits per heavy atom. The summed E-state index contributed by atoms with van der Waals surface area (Å²) in [5, 5.41) is 0. The molecule has 0 spiro atoms. The van der Waals surface area contributed by atoms with Crippen molar-refractivity contribution < 1.29 is 19.1 Å². The van der Waals surface area contributed by atoms with Gasteiger partial charge in [-0.1, -0.05) is 59.3 Å². The Morgan fingerprint density at radius 1 is 0.750 bits per heavy atom. The molecule has 1 unspecified atom stereocenters. The summed E-state index contributed by atoms with van der Waals surface area (Å²) in [5.41, 5.74) is 0. The fourth-order valence-electron chi connectivity index (χ4n) is 2.55. The molecule has 0 heterocycles. The zero-order valence-electron chi connectivity index (χ0n) is 16.1. The first-order valence-corrected chi connectivity index (χ1v) is 9.99. The summed E-state index contributed by atoms with van der Waals surface area (Å²) in [6, 6.07) is 0. The predicted molar refractivity (Wildman–Crippen MR) is 97.9 cm³/mol. The van der Waals surface area contributed by atoms with Crippen molar-refractivity contribution in [1.82, 2.24) is 0 Å². The van der Waals surface area contributed by atoms with Gasteiger partial charge < -0.3 is 9.47 Å². The molecule has 142 valence electrons. The molecule has 0 aliphatic rings. The highest BCUT2D eigenvalue weighted by molar-refractivity contribution is 5.72. The smallest absolute Gasteiger partial charge is 0.306 e. The molecule has 0 aromatic heterocycles. The third kappa shape index (κ3) is 14.5. The monoisotopic (exact) mass is 342 g/mol. The summed E-state index contributed by atoms with van der Waals surface area (Å²) < 4.78 is 10.7. The fourth-order valence-corrected chi connectivity index (χ4v) is 2.55. The Bertz CT molecular complexity index is 315. The van der Waals surface area contributed by atoms with Gasteiger partial charge >= 0.3 is 11.9 Å². The van der Waals surface area contributed by atoms with E-state index in [0.29, 0.717) is 25.9 Å². The molecule has 24 heavy (non-hydrogen) atoms. The van der Waals surface area contributed by atoms with Crippen molar-refractivity contribution in [3.8, 4) is 0 Å². The number of carbonyl (C=O) groups excluding carboxylic acids is 2. The minimum Gasteiger partial charge on any atom is -0.466 e. The maximum Gasteiger partial charge on any atom is 0.306 e. The van der Waals surface area contributed by atoms with Crippen LogP contribution >= 0.6 is 0 Å². The number of unbranched alkanes of at least 4 members (excludes halogenated alkanes) is 6. The Hall–Kier alpha value is -1.06. The maximum atomic E-state index is 11.8. The Kier molecular flexibility index (Phi) is 16.0. The molecule has 4 nitrogen and oxygen atoms in total. The van der Waals surface area contributed by atoms with E-state index in [1.165, 1.54) is 32.1 Å². The molecule has 0 aliphatic heterocycles. The van der Waals surface area contributed by atoms with Crippen molar-refractivity contribution in [2.45, 2.75) is 110 Å². The highest BCUT2D eigenvalue weighted by Gasteiger charge is 2.13. The normalized spacial score (nSPS) is 12.0. The number of hydrogen-bond donors (Lipinski definition) is 0. The third-order valence-electron chi connectivity index (χ3n) is 4.16. The standard InChI is InChI=1S/C20H38O4/c1-4-7-9-10-12-17-23-19(21)15-13-16-20(22)24-18(6-3)14-11-8-5-2/h18H,4-17H2,1-3H3. The van der Waals surface area contributed by atoms with E-state index in [2.05, 4.69) is 13.8 Å². The van der Waals surface area contributed by atoms with Crippen LogP contribution < -0.4 is 0 Å². The van der Waals surface area contributed by atoms with E-state index in [1.54, 1.807) is 0 Å². The molecule has 0 aromatic rings. The van der Waals surface area contributed by atoms with Gasteiger partial charge in [-0.25, -0.2) is 0 Å². The van der Waals surface area contributed by atoms with E-state index < -0.39 is 0 Å². The lowest BCUT2D eigenvalue weighted by molar-refractivity contribution is -0.150. The van der Waals surface area contributed by atoms with Crippen LogP contribution in [0.2, 0.25) is 0 Å². The first kappa shape index (κ1) is 22.9. The largest absolute Gasteiger partial charge is 0.466 e. The molecule has 0 aliphatic carbocycles. The lowest BCUT2D eigenvalue weighted by Gasteiger charge is -2.15. The molecule has 1 atom stereocenters. The molecule has 0 bridgehead atoms. The van der Waals surface area contributed by atoms with Gasteiger partial charge in [-0.2, -0.15) is 0 Å². The SMILES string of the molecule is CCCCCCCOC(=O)CCCC(=O)OC(CC)CCCCC. The van der Waals surface area contributed by atoms with E-state index in [-0.39, 0.29) is 18.0 Å². The van der Waals surface area contributed by atoms with Gasteiger partial charge in [-0.15, -0.1) is 0 Å². The van der Waals surface area contributed by atoms with Crippen LogP contribution in [0.25, 0.3) is 0 Å². The van der Waals surface area contributed by atoms with Gasteiger partial charge in [0, 0.05) is 12.8 Å². The van der Waals surface area contributed by atoms with E-state index in [0.717, 1.165) is 32.1 Å². The van der Waals surface area contributed by atoms with Crippen molar-refractivity contribution in [3.05, 3.63) is 0 Å². The van der Waals surface area contributed by atoms with Gasteiger partial charge in [0.2, 0.25) is 0 Å². The van der Waals surface area contributed by atoms with Crippen molar-refractivity contribution >= 4 is 11.9 Å². The van der Waals surface area contributed by atoms with Crippen molar-refractivity contribution in [1.29, 1.82) is 0 Å². The fraction of sp³-hybridized carbons (Fsp3) is 0.900. The average Bonchev–Trinajstić information content (AvgIpc) is 2.57. The van der Waals surface area contributed by atoms with E-state index in [4.69, 9.17) is 9.47 Å². The van der Waals surface area contributed by atoms with Crippen LogP contribution in [0.4, 0.5) is 0 Å². The molecule has 0 aromatic carbocycles. The zero-order chi connectivity index (χ0) is 18.0. The van der Waals surface area contributed by atoms with E-state index in [9.17, 15) is 9.59 Å². The number of esters is 2. The number of rotatable bonds is 16. The Morgan fingerprint density at radius 2 is 1.38 bits per heavy atom. The van der Waals surface area contributed by atoms with Gasteiger partial charge in [0.1, 0.15) is 6.10 Å². The predicted octanol–water partition coefficient (Wildman–Crippen LogP) is 5.57. The van der Waals surface area contributed by atoms with Crippen LogP contribution in [0.3, 0.4) is 0 Å². The molecule has 0 rings (SSSR count). The van der Waals surface area contributed by atoms with Crippen LogP contribution in [0, 0.1) is 0 Å². The van der Waals surface area contributed by atoms with Crippen LogP contribution in [-0.4, -0.2) is 24.6 Å². The minimum atomic E-state index is -0.201. The van der Waals surface area contributed by atoms with Gasteiger partial charge in [-0.05, 0) is 32.1 Å². The number of hydrogen-bond acceptors (Lipinski definition) is 4. The molecular formula is C20H38O4. The van der Waals surface area contributed by atoms with Crippen molar-refractivity contribution in [2.75, 3.05) is 6.61 Å². The second kappa shape index (κ2) is 16.8. The second-order valence-corrected chi connectivity index (χ2v) is 6.50. The summed E-state index contributed by atoms with van der Waals surface area (Å²) in [5.74, 6) is -0.390. The van der Waals surface area contributed by atoms with Crippen molar-refractivity contribution in [2.24, 2.45) is 0 Å². The summed E-state index contributed by atoms with van der Waals surface area (Å²) in [6.07, 6.45) is 12.1. The molecular weight excluding hydrogens is 304 g/mol. The van der Waals surface area contributed by atoms with Crippen LogP contribution in [0.15, 0.2) is 0 Å². The maximum absolute atomic E-state index is 11.8. The first-order valence-electron chi connectivity index (χ1n) is 9.99. The first-order chi connectivity index (χ1) is 11.6. The van der Waals surface area contributed by atoms with Gasteiger partial charge in [0.15, 0.2) is 0 Å². The highest BCUT2D eigenvalue weighted by Crippen LogP contribution is 2.12.